The molecule has 0 aliphatic heterocycles. The fraction of sp³-hybridized carbons (Fsp3) is 0.500. The average Bonchev–Trinajstić information content (AvgIpc) is 3.11. The Morgan fingerprint density at radius 2 is 1.88 bits per heavy atom. The van der Waals surface area contributed by atoms with Crippen molar-refractivity contribution in [1.82, 2.24) is 10.7 Å². The molecule has 1 aromatic rings. The van der Waals surface area contributed by atoms with Crippen molar-refractivity contribution in [2.24, 2.45) is 22.4 Å². The second-order valence-corrected chi connectivity index (χ2v) is 8.15. The lowest BCUT2D eigenvalue weighted by Gasteiger charge is -2.48. The van der Waals surface area contributed by atoms with Crippen molar-refractivity contribution in [2.75, 3.05) is 0 Å². The van der Waals surface area contributed by atoms with E-state index in [-0.39, 0.29) is 11.0 Å². The first-order valence-electron chi connectivity index (χ1n) is 8.76. The molecule has 3 rings (SSSR count). The Bertz CT molecular complexity index is 650. The molecule has 2 N–H and O–H groups in total. The number of hydrogen-bond acceptors (Lipinski definition) is 2. The van der Waals surface area contributed by atoms with Gasteiger partial charge in [-0.15, -0.1) is 0 Å². The summed E-state index contributed by atoms with van der Waals surface area (Å²) in [6, 6.07) is 10.2. The van der Waals surface area contributed by atoms with E-state index in [0.717, 1.165) is 11.5 Å². The highest BCUT2D eigenvalue weighted by molar-refractivity contribution is 7.80. The van der Waals surface area contributed by atoms with Crippen LogP contribution in [-0.2, 0) is 0 Å². The van der Waals surface area contributed by atoms with E-state index in [1.807, 2.05) is 30.4 Å². The third kappa shape index (κ3) is 3.12. The first kappa shape index (κ1) is 17.2. The Labute approximate surface area is 150 Å². The van der Waals surface area contributed by atoms with E-state index in [4.69, 9.17) is 12.2 Å². The molecule has 0 unspecified atom stereocenters. The van der Waals surface area contributed by atoms with Gasteiger partial charge in [-0.1, -0.05) is 50.3 Å². The second-order valence-electron chi connectivity index (χ2n) is 7.74. The van der Waals surface area contributed by atoms with Crippen molar-refractivity contribution in [1.29, 1.82) is 0 Å². The fourth-order valence-corrected chi connectivity index (χ4v) is 4.76. The van der Waals surface area contributed by atoms with E-state index in [0.29, 0.717) is 11.0 Å². The maximum absolute atomic E-state index is 5.46. The average molecular weight is 342 g/mol. The molecule has 1 aromatic carbocycles. The molecule has 128 valence electrons. The number of rotatable bonds is 4. The van der Waals surface area contributed by atoms with Gasteiger partial charge in [0.15, 0.2) is 5.11 Å². The van der Waals surface area contributed by atoms with E-state index < -0.39 is 0 Å². The van der Waals surface area contributed by atoms with Crippen molar-refractivity contribution < 1.29 is 0 Å². The summed E-state index contributed by atoms with van der Waals surface area (Å²) in [7, 11) is 0. The van der Waals surface area contributed by atoms with Crippen LogP contribution in [0.4, 0.5) is 0 Å². The number of allylic oxidation sites excluding steroid dienone is 1. The highest BCUT2D eigenvalue weighted by Crippen LogP contribution is 2.61. The molecule has 2 fully saturated rings. The van der Waals surface area contributed by atoms with Crippen molar-refractivity contribution >= 4 is 29.6 Å². The topological polar surface area (TPSA) is 36.4 Å². The Balaban J connectivity index is 1.53. The minimum absolute atomic E-state index is 0.0510. The van der Waals surface area contributed by atoms with E-state index in [1.165, 1.54) is 19.3 Å². The zero-order chi connectivity index (χ0) is 17.2. The maximum Gasteiger partial charge on any atom is 0.187 e. The Morgan fingerprint density at radius 1 is 1.17 bits per heavy atom. The molecule has 0 radical (unpaired) electrons. The molecule has 0 spiro atoms. The molecule has 3 atom stereocenters. The van der Waals surface area contributed by atoms with Crippen LogP contribution in [0.15, 0.2) is 41.5 Å². The smallest absolute Gasteiger partial charge is 0.187 e. The van der Waals surface area contributed by atoms with E-state index in [2.05, 4.69) is 48.7 Å². The van der Waals surface area contributed by atoms with Gasteiger partial charge in [-0.3, -0.25) is 5.43 Å². The minimum atomic E-state index is 0.0510. The van der Waals surface area contributed by atoms with Gasteiger partial charge in [0.2, 0.25) is 0 Å². The summed E-state index contributed by atoms with van der Waals surface area (Å²) in [6.45, 7) is 7.07. The zero-order valence-electron chi connectivity index (χ0n) is 14.8. The summed E-state index contributed by atoms with van der Waals surface area (Å²) < 4.78 is 0. The molecule has 0 heterocycles. The van der Waals surface area contributed by atoms with Gasteiger partial charge < -0.3 is 5.32 Å². The summed E-state index contributed by atoms with van der Waals surface area (Å²) in [4.78, 5) is 0. The number of hydrazone groups is 1. The lowest BCUT2D eigenvalue weighted by Crippen LogP contribution is -2.60. The number of benzene rings is 1. The normalized spacial score (nSPS) is 31.0. The van der Waals surface area contributed by atoms with Crippen molar-refractivity contribution in [3.63, 3.8) is 0 Å². The number of fused-ring (bicyclic) bond motifs is 2. The molecule has 0 aromatic heterocycles. The molecule has 2 aliphatic rings. The van der Waals surface area contributed by atoms with Gasteiger partial charge in [0.05, 0.1) is 0 Å². The summed E-state index contributed by atoms with van der Waals surface area (Å²) >= 11 is 5.46. The van der Waals surface area contributed by atoms with Gasteiger partial charge in [-0.25, -0.2) is 0 Å². The third-order valence-corrected chi connectivity index (χ3v) is 6.59. The van der Waals surface area contributed by atoms with Gasteiger partial charge in [-0.2, -0.15) is 5.10 Å². The number of thiocarbonyl (C=S) groups is 1. The standard InChI is InChI=1S/C20H27N3S/c1-19(2)16-11-12-17(14-16)20(19,3)22-18(24)23-21-13-7-10-15-8-5-4-6-9-15/h4-10,13,16-17H,11-12,14H2,1-3H3,(H2,22,23,24)/b10-7+,21-13-/t16-,17+,20-/m1/s1. The molecule has 0 amide bonds. The first-order valence-corrected chi connectivity index (χ1v) is 9.17. The lowest BCUT2D eigenvalue weighted by atomic mass is 9.64. The van der Waals surface area contributed by atoms with Crippen LogP contribution in [0.1, 0.15) is 45.6 Å². The Kier molecular flexibility index (Phi) is 4.77. The van der Waals surface area contributed by atoms with Gasteiger partial charge in [0.25, 0.3) is 0 Å². The van der Waals surface area contributed by atoms with Gasteiger partial charge in [0, 0.05) is 11.8 Å². The van der Waals surface area contributed by atoms with Crippen molar-refractivity contribution in [3.05, 3.63) is 42.0 Å². The summed E-state index contributed by atoms with van der Waals surface area (Å²) in [5, 5.41) is 8.39. The molecule has 24 heavy (non-hydrogen) atoms. The predicted molar refractivity (Wildman–Crippen MR) is 106 cm³/mol. The van der Waals surface area contributed by atoms with Crippen molar-refractivity contribution in [2.45, 2.75) is 45.6 Å². The van der Waals surface area contributed by atoms with Crippen molar-refractivity contribution in [3.8, 4) is 0 Å². The summed E-state index contributed by atoms with van der Waals surface area (Å²) in [5.74, 6) is 1.51. The number of nitrogens with one attached hydrogen (secondary N) is 2. The largest absolute Gasteiger partial charge is 0.355 e. The minimum Gasteiger partial charge on any atom is -0.355 e. The van der Waals surface area contributed by atoms with Crippen LogP contribution in [0.5, 0.6) is 0 Å². The highest BCUT2D eigenvalue weighted by Gasteiger charge is 2.60. The lowest BCUT2D eigenvalue weighted by molar-refractivity contribution is 0.0833. The quantitative estimate of drug-likeness (QED) is 0.485. The van der Waals surface area contributed by atoms with Crippen LogP contribution in [0.2, 0.25) is 0 Å². The molecular formula is C20H27N3S. The molecule has 3 nitrogen and oxygen atoms in total. The highest BCUT2D eigenvalue weighted by atomic mass is 32.1. The van der Waals surface area contributed by atoms with E-state index in [9.17, 15) is 0 Å². The molecule has 4 heteroatoms. The Morgan fingerprint density at radius 3 is 2.54 bits per heavy atom. The Hall–Kier alpha value is -1.68. The predicted octanol–water partition coefficient (Wildman–Crippen LogP) is 4.36. The van der Waals surface area contributed by atoms with Crippen LogP contribution in [0.25, 0.3) is 6.08 Å². The molecule has 2 aliphatic carbocycles. The van der Waals surface area contributed by atoms with Gasteiger partial charge in [-0.05, 0) is 67.3 Å². The van der Waals surface area contributed by atoms with Crippen LogP contribution in [0.3, 0.4) is 0 Å². The number of nitrogens with zero attached hydrogens (tertiary/aromatic N) is 1. The SMILES string of the molecule is CC1(C)[C@@H]2CC[C@@H](C2)[C@@]1(C)NC(=S)N/N=C\C=C\c1ccccc1. The van der Waals surface area contributed by atoms with E-state index >= 15 is 0 Å². The molecule has 0 saturated heterocycles. The van der Waals surface area contributed by atoms with Crippen LogP contribution in [0, 0.1) is 17.3 Å². The van der Waals surface area contributed by atoms with Gasteiger partial charge >= 0.3 is 0 Å². The first-order chi connectivity index (χ1) is 11.4. The van der Waals surface area contributed by atoms with Crippen LogP contribution >= 0.6 is 12.2 Å². The van der Waals surface area contributed by atoms with Gasteiger partial charge in [0.1, 0.15) is 0 Å². The maximum atomic E-state index is 5.46. The summed E-state index contributed by atoms with van der Waals surface area (Å²) in [6.07, 6.45) is 9.65. The molecule has 2 bridgehead atoms. The fourth-order valence-electron chi connectivity index (χ4n) is 4.50. The summed E-state index contributed by atoms with van der Waals surface area (Å²) in [5.41, 5.74) is 4.42. The molecule has 2 saturated carbocycles. The number of hydrogen-bond donors (Lipinski definition) is 2. The third-order valence-electron chi connectivity index (χ3n) is 6.40. The zero-order valence-corrected chi connectivity index (χ0v) is 15.6. The second kappa shape index (κ2) is 6.67. The molecular weight excluding hydrogens is 314 g/mol. The van der Waals surface area contributed by atoms with Crippen LogP contribution < -0.4 is 10.7 Å². The van der Waals surface area contributed by atoms with E-state index in [1.54, 1.807) is 6.21 Å². The van der Waals surface area contributed by atoms with Crippen LogP contribution in [-0.4, -0.2) is 16.9 Å². The monoisotopic (exact) mass is 341 g/mol.